The zero-order chi connectivity index (χ0) is 17.9. The number of amides is 1. The summed E-state index contributed by atoms with van der Waals surface area (Å²) >= 11 is 1.58. The van der Waals surface area contributed by atoms with Crippen LogP contribution in [0.15, 0.2) is 42.0 Å². The Bertz CT molecular complexity index is 866. The van der Waals surface area contributed by atoms with Gasteiger partial charge in [-0.2, -0.15) is 0 Å². The van der Waals surface area contributed by atoms with Crippen LogP contribution in [-0.2, 0) is 11.3 Å². The van der Waals surface area contributed by atoms with Crippen molar-refractivity contribution in [1.29, 1.82) is 0 Å². The highest BCUT2D eigenvalue weighted by Gasteiger charge is 2.36. The summed E-state index contributed by atoms with van der Waals surface area (Å²) in [6.45, 7) is 0.973. The number of tetrazole rings is 1. The largest absolute Gasteiger partial charge is 0.339 e. The van der Waals surface area contributed by atoms with Crippen LogP contribution in [-0.4, -0.2) is 49.6 Å². The third-order valence-corrected chi connectivity index (χ3v) is 5.21. The highest BCUT2D eigenvalue weighted by Crippen LogP contribution is 2.25. The molecule has 1 fully saturated rings. The van der Waals surface area contributed by atoms with E-state index in [1.54, 1.807) is 28.0 Å². The minimum absolute atomic E-state index is 0.0114. The number of benzene rings is 1. The van der Waals surface area contributed by atoms with Crippen molar-refractivity contribution in [2.24, 2.45) is 5.92 Å². The normalized spacial score (nSPS) is 19.6. The van der Waals surface area contributed by atoms with Crippen molar-refractivity contribution in [1.82, 2.24) is 40.9 Å². The molecule has 3 aromatic rings. The second kappa shape index (κ2) is 7.28. The summed E-state index contributed by atoms with van der Waals surface area (Å²) < 4.78 is 1.55. The van der Waals surface area contributed by atoms with E-state index in [1.807, 2.05) is 35.7 Å². The highest BCUT2D eigenvalue weighted by molar-refractivity contribution is 7.13. The van der Waals surface area contributed by atoms with Crippen molar-refractivity contribution in [3.63, 3.8) is 0 Å². The van der Waals surface area contributed by atoms with Crippen molar-refractivity contribution < 1.29 is 4.79 Å². The fourth-order valence-corrected chi connectivity index (χ4v) is 3.77. The average Bonchev–Trinajstić information content (AvgIpc) is 3.42. The molecule has 0 bridgehead atoms. The van der Waals surface area contributed by atoms with Gasteiger partial charge < -0.3 is 4.90 Å². The number of hydrogen-bond acceptors (Lipinski definition) is 8. The van der Waals surface area contributed by atoms with Gasteiger partial charge in [0.15, 0.2) is 0 Å². The smallest absolute Gasteiger partial charge is 0.230 e. The number of nitrogens with one attached hydrogen (secondary N) is 2. The average molecular weight is 370 g/mol. The molecule has 0 saturated carbocycles. The molecule has 9 nitrogen and oxygen atoms in total. The maximum Gasteiger partial charge on any atom is 0.230 e. The van der Waals surface area contributed by atoms with E-state index in [9.17, 15) is 4.79 Å². The van der Waals surface area contributed by atoms with Gasteiger partial charge in [-0.1, -0.05) is 30.3 Å². The van der Waals surface area contributed by atoms with Crippen LogP contribution in [0.1, 0.15) is 11.9 Å². The first-order chi connectivity index (χ1) is 12.7. The Morgan fingerprint density at radius 1 is 1.38 bits per heavy atom. The standard InChI is InChI=1S/C16H18N8OS/c1-23(8-12-9-26-15(19-12)11-5-3-2-4-6-11)16(25)13-7-17-20-14(13)24-10-18-21-22-24/h2-6,9-10,13-14,17,20H,7-8H2,1H3. The molecule has 2 unspecified atom stereocenters. The minimum Gasteiger partial charge on any atom is -0.339 e. The maximum atomic E-state index is 12.9. The molecule has 4 rings (SSSR count). The lowest BCUT2D eigenvalue weighted by molar-refractivity contribution is -0.135. The molecule has 1 aromatic carbocycles. The monoisotopic (exact) mass is 370 g/mol. The molecule has 10 heteroatoms. The van der Waals surface area contributed by atoms with Crippen molar-refractivity contribution in [3.05, 3.63) is 47.7 Å². The fraction of sp³-hybridized carbons (Fsp3) is 0.312. The van der Waals surface area contributed by atoms with Gasteiger partial charge in [0.2, 0.25) is 5.91 Å². The molecular weight excluding hydrogens is 352 g/mol. The van der Waals surface area contributed by atoms with Crippen LogP contribution < -0.4 is 10.9 Å². The predicted octanol–water partition coefficient (Wildman–Crippen LogP) is 0.678. The van der Waals surface area contributed by atoms with Crippen LogP contribution in [0, 0.1) is 5.92 Å². The van der Waals surface area contributed by atoms with Crippen LogP contribution >= 0.6 is 11.3 Å². The summed E-state index contributed by atoms with van der Waals surface area (Å²) in [5.41, 5.74) is 8.01. The molecular formula is C16H18N8OS. The molecule has 3 heterocycles. The van der Waals surface area contributed by atoms with E-state index >= 15 is 0 Å². The number of rotatable bonds is 5. The van der Waals surface area contributed by atoms with E-state index < -0.39 is 0 Å². The van der Waals surface area contributed by atoms with E-state index in [-0.39, 0.29) is 18.0 Å². The van der Waals surface area contributed by atoms with Gasteiger partial charge in [0.25, 0.3) is 0 Å². The Morgan fingerprint density at radius 3 is 3.00 bits per heavy atom. The molecule has 2 aromatic heterocycles. The second-order valence-electron chi connectivity index (χ2n) is 6.07. The lowest BCUT2D eigenvalue weighted by Crippen LogP contribution is -2.38. The van der Waals surface area contributed by atoms with Gasteiger partial charge in [-0.05, 0) is 10.4 Å². The van der Waals surface area contributed by atoms with E-state index in [1.165, 1.54) is 6.33 Å². The SMILES string of the molecule is CN(Cc1csc(-c2ccccc2)n1)C(=O)C1CNNC1n1cnnn1. The van der Waals surface area contributed by atoms with Crippen LogP contribution in [0.2, 0.25) is 0 Å². The number of thiazole rings is 1. The van der Waals surface area contributed by atoms with Crippen LogP contribution in [0.3, 0.4) is 0 Å². The van der Waals surface area contributed by atoms with Gasteiger partial charge in [0.1, 0.15) is 17.5 Å². The molecule has 2 atom stereocenters. The molecule has 2 N–H and O–H groups in total. The molecule has 1 aliphatic heterocycles. The summed E-state index contributed by atoms with van der Waals surface area (Å²) in [6.07, 6.45) is 1.19. The molecule has 1 aliphatic rings. The van der Waals surface area contributed by atoms with Gasteiger partial charge in [-0.3, -0.25) is 10.2 Å². The van der Waals surface area contributed by atoms with Crippen LogP contribution in [0.5, 0.6) is 0 Å². The summed E-state index contributed by atoms with van der Waals surface area (Å²) in [4.78, 5) is 19.2. The Morgan fingerprint density at radius 2 is 2.23 bits per heavy atom. The van der Waals surface area contributed by atoms with Crippen molar-refractivity contribution in [2.45, 2.75) is 12.7 Å². The molecule has 1 saturated heterocycles. The van der Waals surface area contributed by atoms with E-state index in [2.05, 4.69) is 31.4 Å². The van der Waals surface area contributed by atoms with Gasteiger partial charge in [-0.15, -0.1) is 16.4 Å². The lowest BCUT2D eigenvalue weighted by atomic mass is 10.1. The third-order valence-electron chi connectivity index (χ3n) is 4.27. The molecule has 134 valence electrons. The number of hydrazine groups is 1. The molecule has 0 aliphatic carbocycles. The summed E-state index contributed by atoms with van der Waals surface area (Å²) in [5.74, 6) is -0.284. The zero-order valence-electron chi connectivity index (χ0n) is 14.1. The number of carbonyl (C=O) groups excluding carboxylic acids is 1. The number of hydrogen-bond donors (Lipinski definition) is 2. The predicted molar refractivity (Wildman–Crippen MR) is 95.5 cm³/mol. The van der Waals surface area contributed by atoms with Crippen molar-refractivity contribution in [2.75, 3.05) is 13.6 Å². The number of nitrogens with zero attached hydrogens (tertiary/aromatic N) is 6. The number of carbonyl (C=O) groups is 1. The first kappa shape index (κ1) is 16.8. The van der Waals surface area contributed by atoms with Gasteiger partial charge in [-0.25, -0.2) is 15.1 Å². The first-order valence-corrected chi connectivity index (χ1v) is 9.06. The Balaban J connectivity index is 1.44. The van der Waals surface area contributed by atoms with Crippen LogP contribution in [0.25, 0.3) is 10.6 Å². The van der Waals surface area contributed by atoms with Gasteiger partial charge in [0.05, 0.1) is 18.2 Å². The van der Waals surface area contributed by atoms with E-state index in [0.717, 1.165) is 16.3 Å². The van der Waals surface area contributed by atoms with Crippen molar-refractivity contribution >= 4 is 17.2 Å². The third kappa shape index (κ3) is 3.34. The molecule has 0 radical (unpaired) electrons. The first-order valence-electron chi connectivity index (χ1n) is 8.18. The topological polar surface area (TPSA) is 101 Å². The van der Waals surface area contributed by atoms with Gasteiger partial charge in [0, 0.05) is 24.5 Å². The lowest BCUT2D eigenvalue weighted by Gasteiger charge is -2.23. The molecule has 1 amide bonds. The molecule has 0 spiro atoms. The maximum absolute atomic E-state index is 12.9. The zero-order valence-corrected chi connectivity index (χ0v) is 14.9. The van der Waals surface area contributed by atoms with E-state index in [0.29, 0.717) is 13.1 Å². The summed E-state index contributed by atoms with van der Waals surface area (Å²) in [7, 11) is 1.79. The Kier molecular flexibility index (Phi) is 4.69. The van der Waals surface area contributed by atoms with Gasteiger partial charge >= 0.3 is 0 Å². The second-order valence-corrected chi connectivity index (χ2v) is 6.93. The summed E-state index contributed by atoms with van der Waals surface area (Å²) in [5, 5.41) is 14.1. The van der Waals surface area contributed by atoms with Crippen molar-refractivity contribution in [3.8, 4) is 10.6 Å². The minimum atomic E-state index is -0.310. The number of aromatic nitrogens is 5. The summed E-state index contributed by atoms with van der Waals surface area (Å²) in [6, 6.07) is 10.0. The quantitative estimate of drug-likeness (QED) is 0.681. The van der Waals surface area contributed by atoms with E-state index in [4.69, 9.17) is 0 Å². The fourth-order valence-electron chi connectivity index (χ4n) is 2.95. The van der Waals surface area contributed by atoms with Crippen LogP contribution in [0.4, 0.5) is 0 Å². The Labute approximate surface area is 154 Å². The molecule has 26 heavy (non-hydrogen) atoms. The Hall–Kier alpha value is -2.69. The highest BCUT2D eigenvalue weighted by atomic mass is 32.1.